The Morgan fingerprint density at radius 1 is 1.05 bits per heavy atom. The number of nitrogens with zero attached hydrogens (tertiary/aromatic N) is 3. The van der Waals surface area contributed by atoms with Crippen LogP contribution in [0.1, 0.15) is 56.7 Å². The van der Waals surface area contributed by atoms with E-state index in [4.69, 9.17) is 9.15 Å². The van der Waals surface area contributed by atoms with Crippen molar-refractivity contribution in [3.8, 4) is 17.2 Å². The lowest BCUT2D eigenvalue weighted by Gasteiger charge is -2.30. The van der Waals surface area contributed by atoms with Crippen LogP contribution in [0.15, 0.2) is 75.9 Å². The van der Waals surface area contributed by atoms with E-state index in [0.29, 0.717) is 11.1 Å². The van der Waals surface area contributed by atoms with Gasteiger partial charge in [-0.15, -0.1) is 0 Å². The lowest BCUT2D eigenvalue weighted by Crippen LogP contribution is -2.47. The Morgan fingerprint density at radius 2 is 1.71 bits per heavy atom. The van der Waals surface area contributed by atoms with Crippen molar-refractivity contribution < 1.29 is 18.7 Å². The second-order valence-electron chi connectivity index (χ2n) is 11.4. The first-order valence-corrected chi connectivity index (χ1v) is 13.6. The Labute approximate surface area is 239 Å². The average molecular weight is 554 g/mol. The molecule has 8 heteroatoms. The third-order valence-electron chi connectivity index (χ3n) is 7.03. The molecular formula is C33H35N3O5. The molecule has 3 aromatic carbocycles. The summed E-state index contributed by atoms with van der Waals surface area (Å²) in [5.74, 6) is -1.04. The van der Waals surface area contributed by atoms with Crippen molar-refractivity contribution in [1.82, 2.24) is 9.47 Å². The minimum atomic E-state index is -1.05. The molecule has 2 atom stereocenters. The van der Waals surface area contributed by atoms with Crippen LogP contribution in [0.4, 0.5) is 4.79 Å². The van der Waals surface area contributed by atoms with Gasteiger partial charge in [-0.25, -0.2) is 14.5 Å². The summed E-state index contributed by atoms with van der Waals surface area (Å²) in [6.07, 6.45) is -0.627. The maximum Gasteiger partial charge on any atom is 0.419 e. The highest BCUT2D eigenvalue weighted by molar-refractivity contribution is 5.93. The minimum Gasteiger partial charge on any atom is -0.443 e. The van der Waals surface area contributed by atoms with Crippen LogP contribution in [0.2, 0.25) is 0 Å². The zero-order chi connectivity index (χ0) is 29.9. The molecule has 0 aliphatic heterocycles. The van der Waals surface area contributed by atoms with Crippen molar-refractivity contribution in [2.24, 2.45) is 7.05 Å². The average Bonchev–Trinajstić information content (AvgIpc) is 3.20. The van der Waals surface area contributed by atoms with Crippen LogP contribution in [0.5, 0.6) is 0 Å². The van der Waals surface area contributed by atoms with Gasteiger partial charge < -0.3 is 9.15 Å². The smallest absolute Gasteiger partial charge is 0.419 e. The van der Waals surface area contributed by atoms with Gasteiger partial charge in [-0.05, 0) is 73.6 Å². The van der Waals surface area contributed by atoms with E-state index in [1.807, 2.05) is 74.5 Å². The van der Waals surface area contributed by atoms with E-state index < -0.39 is 29.4 Å². The van der Waals surface area contributed by atoms with Crippen molar-refractivity contribution in [1.29, 1.82) is 5.26 Å². The van der Waals surface area contributed by atoms with Gasteiger partial charge in [0.15, 0.2) is 5.58 Å². The summed E-state index contributed by atoms with van der Waals surface area (Å²) < 4.78 is 12.2. The summed E-state index contributed by atoms with van der Waals surface area (Å²) in [5, 5.41) is 10.1. The number of benzene rings is 3. The van der Waals surface area contributed by atoms with E-state index in [2.05, 4.69) is 6.07 Å². The van der Waals surface area contributed by atoms with E-state index in [1.165, 1.54) is 4.57 Å². The van der Waals surface area contributed by atoms with Crippen LogP contribution < -0.4 is 5.76 Å². The van der Waals surface area contributed by atoms with Crippen molar-refractivity contribution in [3.63, 3.8) is 0 Å². The molecular weight excluding hydrogens is 518 g/mol. The minimum absolute atomic E-state index is 0.0558. The third kappa shape index (κ3) is 6.75. The fourth-order valence-electron chi connectivity index (χ4n) is 4.88. The normalized spacial score (nSPS) is 12.9. The SMILES string of the molecule is Cc1ccccc1[C@@H](C)CC(=O)N(C(=O)OC(C)(C)C)[C@H](C#N)Cc1ccc(-c2ccc3oc(=O)n(C)c3c2)cc1. The Balaban J connectivity index is 1.57. The molecule has 0 bridgehead atoms. The van der Waals surface area contributed by atoms with Gasteiger partial charge in [0.05, 0.1) is 11.6 Å². The molecule has 2 amide bonds. The molecule has 0 saturated carbocycles. The predicted octanol–water partition coefficient (Wildman–Crippen LogP) is 6.50. The number of hydrogen-bond donors (Lipinski definition) is 0. The summed E-state index contributed by atoms with van der Waals surface area (Å²) in [6.45, 7) is 9.09. The molecule has 0 radical (unpaired) electrons. The Bertz CT molecular complexity index is 1670. The maximum atomic E-state index is 13.6. The van der Waals surface area contributed by atoms with Gasteiger partial charge in [0, 0.05) is 19.9 Å². The van der Waals surface area contributed by atoms with Crippen LogP contribution >= 0.6 is 0 Å². The molecule has 0 spiro atoms. The van der Waals surface area contributed by atoms with Crippen LogP contribution in [0, 0.1) is 18.3 Å². The molecule has 41 heavy (non-hydrogen) atoms. The Hall–Kier alpha value is -4.64. The lowest BCUT2D eigenvalue weighted by molar-refractivity contribution is -0.131. The van der Waals surface area contributed by atoms with Gasteiger partial charge in [-0.2, -0.15) is 5.26 Å². The first kappa shape index (κ1) is 29.3. The molecule has 4 aromatic rings. The quantitative estimate of drug-likeness (QED) is 0.259. The molecule has 4 rings (SSSR count). The van der Waals surface area contributed by atoms with E-state index in [-0.39, 0.29) is 18.8 Å². The van der Waals surface area contributed by atoms with Crippen LogP contribution in [0.3, 0.4) is 0 Å². The third-order valence-corrected chi connectivity index (χ3v) is 7.03. The van der Waals surface area contributed by atoms with E-state index >= 15 is 0 Å². The highest BCUT2D eigenvalue weighted by Gasteiger charge is 2.34. The molecule has 0 N–H and O–H groups in total. The molecule has 0 aliphatic carbocycles. The molecule has 1 heterocycles. The first-order valence-electron chi connectivity index (χ1n) is 13.6. The van der Waals surface area contributed by atoms with Crippen LogP contribution in [0.25, 0.3) is 22.2 Å². The molecule has 0 aliphatic rings. The van der Waals surface area contributed by atoms with Crippen LogP contribution in [-0.4, -0.2) is 33.1 Å². The molecule has 1 aromatic heterocycles. The van der Waals surface area contributed by atoms with E-state index in [9.17, 15) is 19.6 Å². The topological polar surface area (TPSA) is 106 Å². The Morgan fingerprint density at radius 3 is 2.34 bits per heavy atom. The monoisotopic (exact) mass is 553 g/mol. The first-order chi connectivity index (χ1) is 19.4. The van der Waals surface area contributed by atoms with Crippen molar-refractivity contribution in [2.45, 2.75) is 65.0 Å². The number of nitriles is 1. The largest absolute Gasteiger partial charge is 0.443 e. The number of carbonyl (C=O) groups is 2. The number of fused-ring (bicyclic) bond motifs is 1. The number of hydrogen-bond acceptors (Lipinski definition) is 6. The van der Waals surface area contributed by atoms with E-state index in [0.717, 1.165) is 32.7 Å². The number of carbonyl (C=O) groups excluding carboxylic acids is 2. The zero-order valence-electron chi connectivity index (χ0n) is 24.3. The van der Waals surface area contributed by atoms with E-state index in [1.54, 1.807) is 33.9 Å². The lowest BCUT2D eigenvalue weighted by atomic mass is 9.93. The predicted molar refractivity (Wildman–Crippen MR) is 157 cm³/mol. The van der Waals surface area contributed by atoms with Crippen LogP contribution in [-0.2, 0) is 23.0 Å². The van der Waals surface area contributed by atoms with Gasteiger partial charge in [0.2, 0.25) is 5.91 Å². The second-order valence-corrected chi connectivity index (χ2v) is 11.4. The van der Waals surface area contributed by atoms with Crippen molar-refractivity contribution >= 4 is 23.1 Å². The highest BCUT2D eigenvalue weighted by atomic mass is 16.6. The number of oxazole rings is 1. The van der Waals surface area contributed by atoms with Gasteiger partial charge >= 0.3 is 11.8 Å². The summed E-state index contributed by atoms with van der Waals surface area (Å²) in [7, 11) is 1.66. The fourth-order valence-corrected chi connectivity index (χ4v) is 4.88. The van der Waals surface area contributed by atoms with Gasteiger partial charge in [-0.1, -0.05) is 61.5 Å². The number of ether oxygens (including phenoxy) is 1. The van der Waals surface area contributed by atoms with Crippen molar-refractivity contribution in [3.05, 3.63) is 94.0 Å². The summed E-state index contributed by atoms with van der Waals surface area (Å²) in [4.78, 5) is 39.6. The maximum absolute atomic E-state index is 13.6. The number of rotatable bonds is 7. The standard InChI is InChI=1S/C33H35N3O5/c1-21-9-7-8-10-27(21)22(2)17-30(37)36(32(39)41-33(3,4)5)26(20-34)18-23-11-13-24(14-12-23)25-15-16-29-28(19-25)35(6)31(38)40-29/h7-16,19,22,26H,17-18H2,1-6H3/t22-,26-/m0/s1. The molecule has 8 nitrogen and oxygen atoms in total. The van der Waals surface area contributed by atoms with Gasteiger partial charge in [0.25, 0.3) is 0 Å². The zero-order valence-corrected chi connectivity index (χ0v) is 24.3. The second kappa shape index (κ2) is 11.8. The van der Waals surface area contributed by atoms with Gasteiger partial charge in [0.1, 0.15) is 11.6 Å². The Kier molecular flexibility index (Phi) is 8.48. The molecule has 0 unspecified atom stereocenters. The number of amides is 2. The van der Waals surface area contributed by atoms with Gasteiger partial charge in [-0.3, -0.25) is 9.36 Å². The summed E-state index contributed by atoms with van der Waals surface area (Å²) >= 11 is 0. The number of aromatic nitrogens is 1. The summed E-state index contributed by atoms with van der Waals surface area (Å²) in [6, 6.07) is 22.0. The summed E-state index contributed by atoms with van der Waals surface area (Å²) in [5.41, 5.74) is 5.03. The molecule has 212 valence electrons. The van der Waals surface area contributed by atoms with Crippen molar-refractivity contribution in [2.75, 3.05) is 0 Å². The molecule has 0 saturated heterocycles. The number of aryl methyl sites for hydroxylation is 2. The fraction of sp³-hybridized carbons (Fsp3) is 0.333. The highest BCUT2D eigenvalue weighted by Crippen LogP contribution is 2.27. The number of imide groups is 1. The molecule has 0 fully saturated rings.